The number of allylic oxidation sites excluding steroid dienone is 3. The molecule has 6 heteroatoms. The molecule has 0 spiro atoms. The fourth-order valence-corrected chi connectivity index (χ4v) is 5.57. The van der Waals surface area contributed by atoms with E-state index in [0.717, 1.165) is 60.1 Å². The highest BCUT2D eigenvalue weighted by Gasteiger charge is 2.22. The van der Waals surface area contributed by atoms with Crippen LogP contribution < -0.4 is 21.3 Å². The number of anilines is 2. The highest BCUT2D eigenvalue weighted by Crippen LogP contribution is 2.38. The molecule has 2 aliphatic rings. The van der Waals surface area contributed by atoms with Crippen molar-refractivity contribution in [2.75, 3.05) is 30.3 Å². The molecule has 2 aliphatic heterocycles. The van der Waals surface area contributed by atoms with Crippen LogP contribution in [0.15, 0.2) is 63.3 Å². The Labute approximate surface area is 202 Å². The Morgan fingerprint density at radius 3 is 2.90 bits per heavy atom. The maximum absolute atomic E-state index is 3.75. The van der Waals surface area contributed by atoms with Crippen LogP contribution in [0.3, 0.4) is 0 Å². The normalized spacial score (nSPS) is 18.5. The number of halogens is 2. The van der Waals surface area contributed by atoms with Gasteiger partial charge in [-0.3, -0.25) is 0 Å². The average molecular weight is 546 g/mol. The van der Waals surface area contributed by atoms with Gasteiger partial charge >= 0.3 is 0 Å². The Morgan fingerprint density at radius 2 is 2.03 bits per heavy atom. The van der Waals surface area contributed by atoms with Crippen molar-refractivity contribution in [3.8, 4) is 0 Å². The molecular formula is C25H30Br2N4. The summed E-state index contributed by atoms with van der Waals surface area (Å²) in [5.74, 6) is 1.08. The molecule has 0 aromatic heterocycles. The van der Waals surface area contributed by atoms with Crippen molar-refractivity contribution in [2.24, 2.45) is 0 Å². The SMILES string of the molecule is CCC/C=C1\C=C(NCCCNC2CCNc3c(Br)cc(Br)cc32)Nc2ccccc21. The minimum absolute atomic E-state index is 0.382. The summed E-state index contributed by atoms with van der Waals surface area (Å²) in [6.45, 7) is 5.11. The lowest BCUT2D eigenvalue weighted by molar-refractivity contribution is 0.490. The third-order valence-corrected chi connectivity index (χ3v) is 6.80. The smallest absolute Gasteiger partial charge is 0.104 e. The largest absolute Gasteiger partial charge is 0.384 e. The van der Waals surface area contributed by atoms with Crippen molar-refractivity contribution < 1.29 is 0 Å². The molecule has 2 aromatic carbocycles. The summed E-state index contributed by atoms with van der Waals surface area (Å²) in [4.78, 5) is 0. The zero-order chi connectivity index (χ0) is 21.6. The topological polar surface area (TPSA) is 48.1 Å². The van der Waals surface area contributed by atoms with Crippen molar-refractivity contribution >= 4 is 48.8 Å². The molecule has 0 saturated heterocycles. The van der Waals surface area contributed by atoms with Crippen LogP contribution in [0.1, 0.15) is 49.8 Å². The molecule has 1 atom stereocenters. The molecule has 31 heavy (non-hydrogen) atoms. The summed E-state index contributed by atoms with van der Waals surface area (Å²) in [5, 5.41) is 14.4. The van der Waals surface area contributed by atoms with Gasteiger partial charge in [0, 0.05) is 39.3 Å². The molecule has 2 aromatic rings. The average Bonchev–Trinajstić information content (AvgIpc) is 2.77. The number of fused-ring (bicyclic) bond motifs is 2. The highest BCUT2D eigenvalue weighted by molar-refractivity contribution is 9.11. The van der Waals surface area contributed by atoms with E-state index in [1.807, 2.05) is 0 Å². The number of hydrogen-bond donors (Lipinski definition) is 4. The Morgan fingerprint density at radius 1 is 1.16 bits per heavy atom. The number of para-hydroxylation sites is 1. The molecule has 0 radical (unpaired) electrons. The summed E-state index contributed by atoms with van der Waals surface area (Å²) in [6, 6.07) is 13.2. The molecule has 0 fully saturated rings. The molecule has 0 aliphatic carbocycles. The van der Waals surface area contributed by atoms with Crippen molar-refractivity contribution in [1.82, 2.24) is 10.6 Å². The minimum Gasteiger partial charge on any atom is -0.384 e. The van der Waals surface area contributed by atoms with Crippen LogP contribution >= 0.6 is 31.9 Å². The van der Waals surface area contributed by atoms with Crippen LogP contribution in [0.2, 0.25) is 0 Å². The summed E-state index contributed by atoms with van der Waals surface area (Å²) >= 11 is 7.31. The van der Waals surface area contributed by atoms with Gasteiger partial charge in [0.15, 0.2) is 0 Å². The lowest BCUT2D eigenvalue weighted by Gasteiger charge is -2.29. The first kappa shape index (κ1) is 22.4. The summed E-state index contributed by atoms with van der Waals surface area (Å²) in [6.07, 6.45) is 8.99. The zero-order valence-corrected chi connectivity index (χ0v) is 21.1. The van der Waals surface area contributed by atoms with Crippen LogP contribution in [0.5, 0.6) is 0 Å². The molecule has 0 amide bonds. The van der Waals surface area contributed by atoms with Gasteiger partial charge in [-0.2, -0.15) is 0 Å². The monoisotopic (exact) mass is 544 g/mol. The second-order valence-electron chi connectivity index (χ2n) is 8.03. The zero-order valence-electron chi connectivity index (χ0n) is 17.9. The second-order valence-corrected chi connectivity index (χ2v) is 9.80. The first-order chi connectivity index (χ1) is 15.2. The molecule has 1 unspecified atom stereocenters. The van der Waals surface area contributed by atoms with E-state index in [1.165, 1.54) is 28.1 Å². The van der Waals surface area contributed by atoms with E-state index in [9.17, 15) is 0 Å². The number of unbranched alkanes of at least 4 members (excludes halogenated alkanes) is 1. The Hall–Kier alpha value is -1.76. The quantitative estimate of drug-likeness (QED) is 0.276. The number of benzene rings is 2. The van der Waals surface area contributed by atoms with Gasteiger partial charge in [0.25, 0.3) is 0 Å². The Bertz CT molecular complexity index is 983. The van der Waals surface area contributed by atoms with Gasteiger partial charge in [-0.15, -0.1) is 0 Å². The third kappa shape index (κ3) is 5.54. The predicted molar refractivity (Wildman–Crippen MR) is 139 cm³/mol. The fraction of sp³-hybridized carbons (Fsp3) is 0.360. The second kappa shape index (κ2) is 10.7. The summed E-state index contributed by atoms with van der Waals surface area (Å²) in [5.41, 5.74) is 6.31. The van der Waals surface area contributed by atoms with Crippen molar-refractivity contribution in [2.45, 2.75) is 38.6 Å². The molecule has 0 bridgehead atoms. The number of rotatable bonds is 8. The van der Waals surface area contributed by atoms with Gasteiger partial charge in [0.05, 0.1) is 5.69 Å². The molecule has 4 rings (SSSR count). The molecule has 0 saturated carbocycles. The summed E-state index contributed by atoms with van der Waals surface area (Å²) < 4.78 is 2.23. The van der Waals surface area contributed by atoms with Gasteiger partial charge in [-0.25, -0.2) is 0 Å². The molecule has 2 heterocycles. The van der Waals surface area contributed by atoms with Crippen molar-refractivity contribution in [1.29, 1.82) is 0 Å². The molecule has 4 N–H and O–H groups in total. The minimum atomic E-state index is 0.382. The van der Waals surface area contributed by atoms with E-state index in [2.05, 4.69) is 109 Å². The lowest BCUT2D eigenvalue weighted by Crippen LogP contribution is -2.31. The molecule has 4 nitrogen and oxygen atoms in total. The third-order valence-electron chi connectivity index (χ3n) is 5.72. The van der Waals surface area contributed by atoms with Gasteiger partial charge < -0.3 is 21.3 Å². The first-order valence-corrected chi connectivity index (χ1v) is 12.7. The van der Waals surface area contributed by atoms with Crippen LogP contribution in [-0.2, 0) is 0 Å². The van der Waals surface area contributed by atoms with Gasteiger partial charge in [0.1, 0.15) is 5.82 Å². The van der Waals surface area contributed by atoms with Gasteiger partial charge in [-0.1, -0.05) is 53.5 Å². The maximum atomic E-state index is 3.75. The van der Waals surface area contributed by atoms with E-state index in [0.29, 0.717) is 6.04 Å². The standard InChI is InChI=1S/C25H30Br2N4/c1-2-3-7-17-14-24(31-23-9-5-4-8-19(17)23)29-12-6-11-28-22-10-13-30-25-20(22)15-18(26)16-21(25)27/h4-5,7-9,14-16,22,28-31H,2-3,6,10-13H2,1H3/b17-7+. The van der Waals surface area contributed by atoms with E-state index in [-0.39, 0.29) is 0 Å². The Kier molecular flexibility index (Phi) is 7.75. The highest BCUT2D eigenvalue weighted by atomic mass is 79.9. The van der Waals surface area contributed by atoms with Gasteiger partial charge in [0.2, 0.25) is 0 Å². The van der Waals surface area contributed by atoms with Crippen molar-refractivity contribution in [3.05, 3.63) is 74.4 Å². The van der Waals surface area contributed by atoms with Crippen molar-refractivity contribution in [3.63, 3.8) is 0 Å². The van der Waals surface area contributed by atoms with Gasteiger partial charge in [-0.05, 0) is 77.1 Å². The molecular weight excluding hydrogens is 516 g/mol. The van der Waals surface area contributed by atoms with E-state index >= 15 is 0 Å². The Balaban J connectivity index is 1.31. The number of nitrogens with one attached hydrogen (secondary N) is 4. The van der Waals surface area contributed by atoms with Crippen LogP contribution in [0.25, 0.3) is 5.57 Å². The van der Waals surface area contributed by atoms with E-state index in [4.69, 9.17) is 0 Å². The number of hydrogen-bond acceptors (Lipinski definition) is 4. The fourth-order valence-electron chi connectivity index (χ4n) is 4.17. The summed E-state index contributed by atoms with van der Waals surface area (Å²) in [7, 11) is 0. The molecule has 164 valence electrons. The van der Waals surface area contributed by atoms with Crippen LogP contribution in [0, 0.1) is 0 Å². The van der Waals surface area contributed by atoms with E-state index in [1.54, 1.807) is 0 Å². The predicted octanol–water partition coefficient (Wildman–Crippen LogP) is 6.79. The van der Waals surface area contributed by atoms with E-state index < -0.39 is 0 Å². The first-order valence-electron chi connectivity index (χ1n) is 11.1. The lowest BCUT2D eigenvalue weighted by atomic mass is 9.98. The van der Waals surface area contributed by atoms with Crippen LogP contribution in [-0.4, -0.2) is 19.6 Å². The maximum Gasteiger partial charge on any atom is 0.104 e. The van der Waals surface area contributed by atoms with Crippen LogP contribution in [0.4, 0.5) is 11.4 Å².